The minimum atomic E-state index is 0.131. The molecule has 1 aromatic heterocycles. The average molecular weight is 220 g/mol. The maximum Gasteiger partial charge on any atom is 0.0481 e. The second-order valence-electron chi connectivity index (χ2n) is 3.77. The number of nitrogens with two attached hydrogens (primary N) is 1. The molecule has 0 fully saturated rings. The highest BCUT2D eigenvalue weighted by molar-refractivity contribution is 7.98. The van der Waals surface area contributed by atoms with E-state index >= 15 is 0 Å². The van der Waals surface area contributed by atoms with E-state index < -0.39 is 0 Å². The molecule has 0 spiro atoms. The van der Waals surface area contributed by atoms with Crippen LogP contribution in [0.2, 0.25) is 0 Å². The Morgan fingerprint density at radius 1 is 1.40 bits per heavy atom. The highest BCUT2D eigenvalue weighted by Gasteiger charge is 2.12. The molecule has 2 N–H and O–H groups in total. The van der Waals surface area contributed by atoms with Gasteiger partial charge in [-0.15, -0.1) is 0 Å². The fourth-order valence-corrected chi connectivity index (χ4v) is 2.48. The van der Waals surface area contributed by atoms with Crippen molar-refractivity contribution in [2.24, 2.45) is 12.8 Å². The largest absolute Gasteiger partial charge is 0.350 e. The predicted octanol–water partition coefficient (Wildman–Crippen LogP) is 2.54. The maximum absolute atomic E-state index is 6.15. The zero-order valence-electron chi connectivity index (χ0n) is 9.10. The SMILES string of the molecule is CSCC(N)c1cn(C)c2ccccc12. The van der Waals surface area contributed by atoms with Crippen molar-refractivity contribution in [3.8, 4) is 0 Å². The second-order valence-corrected chi connectivity index (χ2v) is 4.69. The second kappa shape index (κ2) is 4.29. The minimum absolute atomic E-state index is 0.131. The zero-order chi connectivity index (χ0) is 10.8. The molecule has 1 atom stereocenters. The molecule has 2 nitrogen and oxygen atoms in total. The van der Waals surface area contributed by atoms with Gasteiger partial charge in [-0.3, -0.25) is 0 Å². The monoisotopic (exact) mass is 220 g/mol. The Kier molecular flexibility index (Phi) is 3.03. The maximum atomic E-state index is 6.15. The Bertz CT molecular complexity index is 462. The fraction of sp³-hybridized carbons (Fsp3) is 0.333. The van der Waals surface area contributed by atoms with Crippen molar-refractivity contribution < 1.29 is 0 Å². The first kappa shape index (κ1) is 10.6. The standard InChI is InChI=1S/C12H16N2S/c1-14-7-10(11(13)8-15-2)9-5-3-4-6-12(9)14/h3-7,11H,8,13H2,1-2H3. The van der Waals surface area contributed by atoms with Crippen LogP contribution in [-0.4, -0.2) is 16.6 Å². The summed E-state index contributed by atoms with van der Waals surface area (Å²) in [5.74, 6) is 0.966. The van der Waals surface area contributed by atoms with E-state index in [1.807, 2.05) is 0 Å². The first-order valence-corrected chi connectivity index (χ1v) is 6.42. The normalized spacial score (nSPS) is 13.3. The van der Waals surface area contributed by atoms with Crippen molar-refractivity contribution in [3.63, 3.8) is 0 Å². The van der Waals surface area contributed by atoms with Crippen LogP contribution in [-0.2, 0) is 7.05 Å². The number of para-hydroxylation sites is 1. The van der Waals surface area contributed by atoms with Gasteiger partial charge in [0.15, 0.2) is 0 Å². The van der Waals surface area contributed by atoms with Gasteiger partial charge in [-0.25, -0.2) is 0 Å². The van der Waals surface area contributed by atoms with E-state index in [9.17, 15) is 0 Å². The van der Waals surface area contributed by atoms with Crippen molar-refractivity contribution >= 4 is 22.7 Å². The van der Waals surface area contributed by atoms with Crippen LogP contribution in [0.3, 0.4) is 0 Å². The first-order chi connectivity index (χ1) is 7.24. The molecule has 1 aromatic carbocycles. The summed E-state index contributed by atoms with van der Waals surface area (Å²) in [6.45, 7) is 0. The number of benzene rings is 1. The molecular formula is C12H16N2S. The summed E-state index contributed by atoms with van der Waals surface area (Å²) in [6.07, 6.45) is 4.23. The Morgan fingerprint density at radius 3 is 2.87 bits per heavy atom. The topological polar surface area (TPSA) is 30.9 Å². The molecule has 2 rings (SSSR count). The van der Waals surface area contributed by atoms with Crippen molar-refractivity contribution in [1.82, 2.24) is 4.57 Å². The smallest absolute Gasteiger partial charge is 0.0481 e. The number of nitrogens with zero attached hydrogens (tertiary/aromatic N) is 1. The molecule has 0 bridgehead atoms. The molecule has 2 aromatic rings. The van der Waals surface area contributed by atoms with Crippen LogP contribution in [0.5, 0.6) is 0 Å². The highest BCUT2D eigenvalue weighted by atomic mass is 32.2. The van der Waals surface area contributed by atoms with Crippen LogP contribution in [0.1, 0.15) is 11.6 Å². The van der Waals surface area contributed by atoms with Crippen molar-refractivity contribution in [2.45, 2.75) is 6.04 Å². The Labute approximate surface area is 94.5 Å². The number of aryl methyl sites for hydroxylation is 1. The van der Waals surface area contributed by atoms with E-state index in [-0.39, 0.29) is 6.04 Å². The van der Waals surface area contributed by atoms with Crippen LogP contribution >= 0.6 is 11.8 Å². The molecular weight excluding hydrogens is 204 g/mol. The first-order valence-electron chi connectivity index (χ1n) is 5.02. The van der Waals surface area contributed by atoms with Gasteiger partial charge in [-0.05, 0) is 17.9 Å². The molecule has 0 amide bonds. The van der Waals surface area contributed by atoms with E-state index in [1.165, 1.54) is 16.5 Å². The van der Waals surface area contributed by atoms with Crippen molar-refractivity contribution in [1.29, 1.82) is 0 Å². The summed E-state index contributed by atoms with van der Waals surface area (Å²) in [6, 6.07) is 8.53. The number of rotatable bonds is 3. The van der Waals surface area contributed by atoms with E-state index in [1.54, 1.807) is 11.8 Å². The molecule has 0 aliphatic carbocycles. The molecule has 80 valence electrons. The van der Waals surface area contributed by atoms with Gasteiger partial charge in [0, 0.05) is 35.9 Å². The van der Waals surface area contributed by atoms with Crippen LogP contribution in [0.25, 0.3) is 10.9 Å². The van der Waals surface area contributed by atoms with Gasteiger partial charge in [-0.1, -0.05) is 18.2 Å². The van der Waals surface area contributed by atoms with E-state index in [0.29, 0.717) is 0 Å². The Hall–Kier alpha value is -0.930. The lowest BCUT2D eigenvalue weighted by molar-refractivity contribution is 0.828. The fourth-order valence-electron chi connectivity index (χ4n) is 1.94. The Morgan fingerprint density at radius 2 is 2.13 bits per heavy atom. The number of fused-ring (bicyclic) bond motifs is 1. The third-order valence-electron chi connectivity index (χ3n) is 2.67. The van der Waals surface area contributed by atoms with Crippen LogP contribution in [0.4, 0.5) is 0 Å². The van der Waals surface area contributed by atoms with Gasteiger partial charge in [-0.2, -0.15) is 11.8 Å². The molecule has 3 heteroatoms. The number of aromatic nitrogens is 1. The van der Waals surface area contributed by atoms with E-state index in [2.05, 4.69) is 48.3 Å². The lowest BCUT2D eigenvalue weighted by Gasteiger charge is -2.08. The van der Waals surface area contributed by atoms with Crippen LogP contribution < -0.4 is 5.73 Å². The number of thioether (sulfide) groups is 1. The van der Waals surface area contributed by atoms with Gasteiger partial charge in [0.05, 0.1) is 0 Å². The lowest BCUT2D eigenvalue weighted by atomic mass is 10.1. The number of hydrogen-bond donors (Lipinski definition) is 1. The summed E-state index contributed by atoms with van der Waals surface area (Å²) < 4.78 is 2.14. The summed E-state index contributed by atoms with van der Waals surface area (Å²) in [5.41, 5.74) is 8.66. The third kappa shape index (κ3) is 1.90. The highest BCUT2D eigenvalue weighted by Crippen LogP contribution is 2.25. The van der Waals surface area contributed by atoms with Gasteiger partial charge >= 0.3 is 0 Å². The van der Waals surface area contributed by atoms with E-state index in [4.69, 9.17) is 5.73 Å². The lowest BCUT2D eigenvalue weighted by Crippen LogP contribution is -2.12. The molecule has 0 saturated heterocycles. The van der Waals surface area contributed by atoms with Gasteiger partial charge in [0.1, 0.15) is 0 Å². The van der Waals surface area contributed by atoms with Gasteiger partial charge in [0.2, 0.25) is 0 Å². The molecule has 0 saturated carbocycles. The van der Waals surface area contributed by atoms with Gasteiger partial charge in [0.25, 0.3) is 0 Å². The third-order valence-corrected chi connectivity index (χ3v) is 3.37. The molecule has 15 heavy (non-hydrogen) atoms. The average Bonchev–Trinajstić information content (AvgIpc) is 2.58. The molecule has 1 unspecified atom stereocenters. The summed E-state index contributed by atoms with van der Waals surface area (Å²) in [7, 11) is 2.07. The molecule has 0 aliphatic heterocycles. The molecule has 0 aliphatic rings. The molecule has 1 heterocycles. The predicted molar refractivity (Wildman–Crippen MR) is 68.2 cm³/mol. The summed E-state index contributed by atoms with van der Waals surface area (Å²) >= 11 is 1.79. The van der Waals surface area contributed by atoms with Crippen molar-refractivity contribution in [3.05, 3.63) is 36.0 Å². The van der Waals surface area contributed by atoms with Gasteiger partial charge < -0.3 is 10.3 Å². The molecule has 0 radical (unpaired) electrons. The van der Waals surface area contributed by atoms with Crippen LogP contribution in [0, 0.1) is 0 Å². The van der Waals surface area contributed by atoms with Crippen molar-refractivity contribution in [2.75, 3.05) is 12.0 Å². The Balaban J connectivity index is 2.52. The minimum Gasteiger partial charge on any atom is -0.350 e. The van der Waals surface area contributed by atoms with Crippen LogP contribution in [0.15, 0.2) is 30.5 Å². The summed E-state index contributed by atoms with van der Waals surface area (Å²) in [5, 5.41) is 1.28. The zero-order valence-corrected chi connectivity index (χ0v) is 9.92. The summed E-state index contributed by atoms with van der Waals surface area (Å²) in [4.78, 5) is 0. The van der Waals surface area contributed by atoms with E-state index in [0.717, 1.165) is 5.75 Å². The quantitative estimate of drug-likeness (QED) is 0.861. The number of hydrogen-bond acceptors (Lipinski definition) is 2.